The molecule has 1 heterocycles. The summed E-state index contributed by atoms with van der Waals surface area (Å²) in [6, 6.07) is 6.62. The number of amides is 2. The van der Waals surface area contributed by atoms with Crippen molar-refractivity contribution in [2.45, 2.75) is 13.8 Å². The van der Waals surface area contributed by atoms with Crippen molar-refractivity contribution < 1.29 is 9.59 Å². The van der Waals surface area contributed by atoms with E-state index in [9.17, 15) is 9.59 Å². The van der Waals surface area contributed by atoms with Gasteiger partial charge in [0.05, 0.1) is 10.6 Å². The van der Waals surface area contributed by atoms with E-state index in [1.165, 1.54) is 19.2 Å². The largest absolute Gasteiger partial charge is 0.326 e. The van der Waals surface area contributed by atoms with Gasteiger partial charge in [-0.05, 0) is 36.8 Å². The summed E-state index contributed by atoms with van der Waals surface area (Å²) in [5, 5.41) is 5.80. The first-order chi connectivity index (χ1) is 10.4. The molecule has 1 aromatic heterocycles. The van der Waals surface area contributed by atoms with Gasteiger partial charge in [0.15, 0.2) is 0 Å². The van der Waals surface area contributed by atoms with Crippen LogP contribution < -0.4 is 10.6 Å². The highest BCUT2D eigenvalue weighted by Crippen LogP contribution is 2.22. The van der Waals surface area contributed by atoms with Crippen LogP contribution in [0.5, 0.6) is 0 Å². The third-order valence-corrected chi connectivity index (χ3v) is 3.54. The molecule has 0 aliphatic heterocycles. The molecule has 0 saturated heterocycles. The number of nitrogens with zero attached hydrogens (tertiary/aromatic N) is 1. The van der Waals surface area contributed by atoms with Crippen molar-refractivity contribution in [1.29, 1.82) is 0 Å². The van der Waals surface area contributed by atoms with E-state index in [4.69, 9.17) is 23.2 Å². The van der Waals surface area contributed by atoms with Gasteiger partial charge in [0, 0.05) is 24.5 Å². The second kappa shape index (κ2) is 6.77. The summed E-state index contributed by atoms with van der Waals surface area (Å²) < 4.78 is 0. The lowest BCUT2D eigenvalue weighted by Crippen LogP contribution is -2.13. The summed E-state index contributed by atoms with van der Waals surface area (Å²) in [5.41, 5.74) is 2.43. The van der Waals surface area contributed by atoms with Crippen molar-refractivity contribution in [3.63, 3.8) is 0 Å². The highest BCUT2D eigenvalue weighted by Gasteiger charge is 2.10. The van der Waals surface area contributed by atoms with Gasteiger partial charge in [0.1, 0.15) is 5.15 Å². The summed E-state index contributed by atoms with van der Waals surface area (Å²) in [5.74, 6) is -0.500. The Labute approximate surface area is 137 Å². The molecule has 0 fully saturated rings. The van der Waals surface area contributed by atoms with Crippen molar-refractivity contribution in [2.75, 3.05) is 10.6 Å². The maximum absolute atomic E-state index is 12.1. The second-order valence-corrected chi connectivity index (χ2v) is 5.43. The van der Waals surface area contributed by atoms with Gasteiger partial charge in [0.2, 0.25) is 5.91 Å². The Morgan fingerprint density at radius 2 is 1.86 bits per heavy atom. The summed E-state index contributed by atoms with van der Waals surface area (Å²) in [4.78, 5) is 27.0. The van der Waals surface area contributed by atoms with Crippen LogP contribution in [-0.2, 0) is 4.79 Å². The molecule has 0 aliphatic carbocycles. The van der Waals surface area contributed by atoms with Gasteiger partial charge in [-0.3, -0.25) is 9.59 Å². The standard InChI is InChI=1S/C15H13Cl2N3O2/c1-8-5-11(3-4-13(8)19-9(2)21)20-15(22)10-6-12(16)14(17)18-7-10/h3-7H,1-2H3,(H,19,21)(H,20,22). The Bertz CT molecular complexity index is 748. The molecule has 2 rings (SSSR count). The van der Waals surface area contributed by atoms with Gasteiger partial charge in [-0.15, -0.1) is 0 Å². The monoisotopic (exact) mass is 337 g/mol. The Kier molecular flexibility index (Phi) is 5.00. The van der Waals surface area contributed by atoms with Crippen LogP contribution >= 0.6 is 23.2 Å². The highest BCUT2D eigenvalue weighted by atomic mass is 35.5. The topological polar surface area (TPSA) is 71.1 Å². The highest BCUT2D eigenvalue weighted by molar-refractivity contribution is 6.41. The quantitative estimate of drug-likeness (QED) is 0.834. The molecule has 0 spiro atoms. The predicted molar refractivity (Wildman–Crippen MR) is 87.7 cm³/mol. The van der Waals surface area contributed by atoms with E-state index >= 15 is 0 Å². The van der Waals surface area contributed by atoms with E-state index in [0.29, 0.717) is 16.9 Å². The number of carbonyl (C=O) groups is 2. The Morgan fingerprint density at radius 1 is 1.14 bits per heavy atom. The molecule has 2 N–H and O–H groups in total. The van der Waals surface area contributed by atoms with Crippen LogP contribution in [0, 0.1) is 6.92 Å². The number of anilines is 2. The zero-order chi connectivity index (χ0) is 16.3. The zero-order valence-electron chi connectivity index (χ0n) is 11.9. The van der Waals surface area contributed by atoms with E-state index in [1.807, 2.05) is 6.92 Å². The van der Waals surface area contributed by atoms with Crippen LogP contribution in [-0.4, -0.2) is 16.8 Å². The van der Waals surface area contributed by atoms with Crippen LogP contribution in [0.15, 0.2) is 30.5 Å². The third-order valence-electron chi connectivity index (χ3n) is 2.85. The fourth-order valence-electron chi connectivity index (χ4n) is 1.82. The fourth-order valence-corrected chi connectivity index (χ4v) is 2.09. The molecule has 0 aliphatic rings. The predicted octanol–water partition coefficient (Wildman–Crippen LogP) is 3.91. The number of nitrogens with one attached hydrogen (secondary N) is 2. The van der Waals surface area contributed by atoms with Gasteiger partial charge in [-0.1, -0.05) is 23.2 Å². The smallest absolute Gasteiger partial charge is 0.257 e. The van der Waals surface area contributed by atoms with Crippen molar-refractivity contribution in [2.24, 2.45) is 0 Å². The maximum Gasteiger partial charge on any atom is 0.257 e. The van der Waals surface area contributed by atoms with Crippen LogP contribution in [0.4, 0.5) is 11.4 Å². The number of aryl methyl sites for hydroxylation is 1. The Hall–Kier alpha value is -2.11. The molecule has 0 unspecified atom stereocenters. The molecule has 0 radical (unpaired) electrons. The van der Waals surface area contributed by atoms with Crippen molar-refractivity contribution in [1.82, 2.24) is 4.98 Å². The van der Waals surface area contributed by atoms with Gasteiger partial charge in [-0.25, -0.2) is 4.98 Å². The summed E-state index contributed by atoms with van der Waals surface area (Å²) >= 11 is 11.6. The van der Waals surface area contributed by atoms with E-state index in [0.717, 1.165) is 5.56 Å². The number of pyridine rings is 1. The molecule has 1 aromatic carbocycles. The molecule has 2 amide bonds. The minimum atomic E-state index is -0.349. The molecule has 22 heavy (non-hydrogen) atoms. The SMILES string of the molecule is CC(=O)Nc1ccc(NC(=O)c2cnc(Cl)c(Cl)c2)cc1C. The fraction of sp³-hybridized carbons (Fsp3) is 0.133. The lowest BCUT2D eigenvalue weighted by Gasteiger charge is -2.10. The summed E-state index contributed by atoms with van der Waals surface area (Å²) in [7, 11) is 0. The average Bonchev–Trinajstić information content (AvgIpc) is 2.44. The second-order valence-electron chi connectivity index (χ2n) is 4.66. The van der Waals surface area contributed by atoms with Crippen molar-refractivity contribution >= 4 is 46.4 Å². The van der Waals surface area contributed by atoms with Crippen LogP contribution in [0.2, 0.25) is 10.2 Å². The van der Waals surface area contributed by atoms with Gasteiger partial charge in [-0.2, -0.15) is 0 Å². The normalized spacial score (nSPS) is 10.2. The lowest BCUT2D eigenvalue weighted by atomic mass is 10.1. The van der Waals surface area contributed by atoms with Gasteiger partial charge >= 0.3 is 0 Å². The number of rotatable bonds is 3. The molecular formula is C15H13Cl2N3O2. The Balaban J connectivity index is 2.16. The molecule has 7 heteroatoms. The first-order valence-corrected chi connectivity index (χ1v) is 7.13. The molecule has 0 atom stereocenters. The number of halogens is 2. The maximum atomic E-state index is 12.1. The minimum absolute atomic E-state index is 0.147. The number of aromatic nitrogens is 1. The van der Waals surface area contributed by atoms with E-state index in [1.54, 1.807) is 18.2 Å². The van der Waals surface area contributed by atoms with Crippen LogP contribution in [0.1, 0.15) is 22.8 Å². The number of benzene rings is 1. The first kappa shape index (κ1) is 16.3. The number of carbonyl (C=O) groups excluding carboxylic acids is 2. The molecule has 2 aromatic rings. The molecular weight excluding hydrogens is 325 g/mol. The van der Waals surface area contributed by atoms with Gasteiger partial charge in [0.25, 0.3) is 5.91 Å². The van der Waals surface area contributed by atoms with Crippen molar-refractivity contribution in [3.05, 3.63) is 51.8 Å². The number of hydrogen-bond acceptors (Lipinski definition) is 3. The van der Waals surface area contributed by atoms with E-state index < -0.39 is 0 Å². The molecule has 0 bridgehead atoms. The van der Waals surface area contributed by atoms with E-state index in [-0.39, 0.29) is 22.0 Å². The minimum Gasteiger partial charge on any atom is -0.326 e. The third kappa shape index (κ3) is 3.96. The van der Waals surface area contributed by atoms with Gasteiger partial charge < -0.3 is 10.6 Å². The average molecular weight is 338 g/mol. The van der Waals surface area contributed by atoms with Crippen LogP contribution in [0.3, 0.4) is 0 Å². The van der Waals surface area contributed by atoms with Crippen molar-refractivity contribution in [3.8, 4) is 0 Å². The summed E-state index contributed by atoms with van der Waals surface area (Å²) in [6.45, 7) is 3.27. The Morgan fingerprint density at radius 3 is 2.45 bits per heavy atom. The lowest BCUT2D eigenvalue weighted by molar-refractivity contribution is -0.114. The van der Waals surface area contributed by atoms with E-state index in [2.05, 4.69) is 15.6 Å². The molecule has 0 saturated carbocycles. The van der Waals surface area contributed by atoms with Crippen LogP contribution in [0.25, 0.3) is 0 Å². The number of hydrogen-bond donors (Lipinski definition) is 2. The summed E-state index contributed by atoms with van der Waals surface area (Å²) in [6.07, 6.45) is 1.35. The zero-order valence-corrected chi connectivity index (χ0v) is 13.4. The molecule has 5 nitrogen and oxygen atoms in total. The first-order valence-electron chi connectivity index (χ1n) is 6.37. The molecule has 114 valence electrons.